The molecule has 1 N–H and O–H groups in total. The van der Waals surface area contributed by atoms with Gasteiger partial charge in [-0.15, -0.1) is 12.4 Å². The van der Waals surface area contributed by atoms with Crippen molar-refractivity contribution in [2.75, 3.05) is 6.54 Å². The summed E-state index contributed by atoms with van der Waals surface area (Å²) in [4.78, 5) is 0. The van der Waals surface area contributed by atoms with E-state index in [4.69, 9.17) is 4.74 Å². The van der Waals surface area contributed by atoms with E-state index in [-0.39, 0.29) is 12.4 Å². The lowest BCUT2D eigenvalue weighted by molar-refractivity contribution is 0.302. The maximum absolute atomic E-state index is 6.01. The van der Waals surface area contributed by atoms with Gasteiger partial charge in [0.05, 0.1) is 0 Å². The van der Waals surface area contributed by atoms with E-state index in [0.717, 1.165) is 23.3 Å². The summed E-state index contributed by atoms with van der Waals surface area (Å²) in [6.45, 7) is 4.75. The van der Waals surface area contributed by atoms with Gasteiger partial charge in [0.15, 0.2) is 0 Å². The van der Waals surface area contributed by atoms with E-state index in [9.17, 15) is 0 Å². The highest BCUT2D eigenvalue weighted by atomic mass is 79.9. The van der Waals surface area contributed by atoms with E-state index in [2.05, 4.69) is 46.4 Å². The molecule has 24 heavy (non-hydrogen) atoms. The van der Waals surface area contributed by atoms with Gasteiger partial charge in [0.1, 0.15) is 12.4 Å². The molecule has 2 rings (SSSR count). The third-order valence-corrected chi connectivity index (χ3v) is 4.28. The van der Waals surface area contributed by atoms with Crippen molar-refractivity contribution in [2.24, 2.45) is 0 Å². The number of hydrogen-bond donors (Lipinski definition) is 1. The van der Waals surface area contributed by atoms with Crippen LogP contribution in [0.15, 0.2) is 53.0 Å². The van der Waals surface area contributed by atoms with Crippen LogP contribution in [0, 0.1) is 0 Å². The first kappa shape index (κ1) is 21.0. The van der Waals surface area contributed by atoms with E-state index in [1.807, 2.05) is 30.3 Å². The molecule has 0 aliphatic rings. The molecule has 2 aromatic carbocycles. The number of rotatable bonds is 10. The van der Waals surface area contributed by atoms with E-state index in [1.54, 1.807) is 0 Å². The molecule has 132 valence electrons. The van der Waals surface area contributed by atoms with E-state index in [1.165, 1.54) is 36.8 Å². The number of unbranched alkanes of at least 4 members (excludes halogenated alkanes) is 3. The first-order valence-corrected chi connectivity index (χ1v) is 9.24. The third-order valence-electron chi connectivity index (χ3n) is 3.78. The molecule has 4 heteroatoms. The maximum Gasteiger partial charge on any atom is 0.124 e. The zero-order chi connectivity index (χ0) is 16.3. The van der Waals surface area contributed by atoms with Gasteiger partial charge in [-0.2, -0.15) is 0 Å². The summed E-state index contributed by atoms with van der Waals surface area (Å²) in [7, 11) is 0. The van der Waals surface area contributed by atoms with Crippen molar-refractivity contribution in [3.05, 3.63) is 64.1 Å². The van der Waals surface area contributed by atoms with Gasteiger partial charge >= 0.3 is 0 Å². The van der Waals surface area contributed by atoms with Crippen LogP contribution in [0.1, 0.15) is 43.7 Å². The minimum atomic E-state index is 0. The van der Waals surface area contributed by atoms with Crippen LogP contribution in [0.3, 0.4) is 0 Å². The zero-order valence-corrected chi connectivity index (χ0v) is 16.7. The highest BCUT2D eigenvalue weighted by Gasteiger charge is 2.05. The van der Waals surface area contributed by atoms with Crippen LogP contribution >= 0.6 is 28.3 Å². The van der Waals surface area contributed by atoms with Crippen LogP contribution in [0.25, 0.3) is 0 Å². The highest BCUT2D eigenvalue weighted by molar-refractivity contribution is 9.10. The van der Waals surface area contributed by atoms with Crippen LogP contribution in [0.4, 0.5) is 0 Å². The Morgan fingerprint density at radius 3 is 2.54 bits per heavy atom. The largest absolute Gasteiger partial charge is 0.489 e. The second-order valence-electron chi connectivity index (χ2n) is 5.76. The van der Waals surface area contributed by atoms with Gasteiger partial charge in [0.2, 0.25) is 0 Å². The first-order chi connectivity index (χ1) is 11.3. The predicted molar refractivity (Wildman–Crippen MR) is 108 cm³/mol. The lowest BCUT2D eigenvalue weighted by Gasteiger charge is -2.13. The van der Waals surface area contributed by atoms with Crippen LogP contribution in [-0.4, -0.2) is 6.54 Å². The summed E-state index contributed by atoms with van der Waals surface area (Å²) in [5.41, 5.74) is 2.39. The van der Waals surface area contributed by atoms with Gasteiger partial charge in [0, 0.05) is 16.6 Å². The Morgan fingerprint density at radius 1 is 1.00 bits per heavy atom. The molecule has 0 aliphatic heterocycles. The fraction of sp³-hybridized carbons (Fsp3) is 0.400. The molecule has 0 spiro atoms. The van der Waals surface area contributed by atoms with Gasteiger partial charge in [-0.1, -0.05) is 72.4 Å². The third kappa shape index (κ3) is 7.69. The lowest BCUT2D eigenvalue weighted by atomic mass is 10.2. The first-order valence-electron chi connectivity index (χ1n) is 8.45. The van der Waals surface area contributed by atoms with Gasteiger partial charge < -0.3 is 10.1 Å². The Kier molecular flexibility index (Phi) is 10.8. The fourth-order valence-corrected chi connectivity index (χ4v) is 2.87. The Labute approximate surface area is 160 Å². The second-order valence-corrected chi connectivity index (χ2v) is 6.68. The second kappa shape index (κ2) is 12.3. The van der Waals surface area contributed by atoms with Crippen molar-refractivity contribution in [3.8, 4) is 5.75 Å². The van der Waals surface area contributed by atoms with Crippen molar-refractivity contribution in [3.63, 3.8) is 0 Å². The molecule has 0 heterocycles. The molecular weight excluding hydrogens is 386 g/mol. The average molecular weight is 413 g/mol. The molecule has 0 unspecified atom stereocenters. The molecular formula is C20H27BrClNO. The van der Waals surface area contributed by atoms with Crippen LogP contribution in [0.2, 0.25) is 0 Å². The Bertz CT molecular complexity index is 577. The smallest absolute Gasteiger partial charge is 0.124 e. The fourth-order valence-electron chi connectivity index (χ4n) is 2.46. The van der Waals surface area contributed by atoms with Crippen molar-refractivity contribution in [2.45, 2.75) is 45.8 Å². The van der Waals surface area contributed by atoms with E-state index in [0.29, 0.717) is 6.61 Å². The van der Waals surface area contributed by atoms with Gasteiger partial charge in [0.25, 0.3) is 0 Å². The molecule has 0 bridgehead atoms. The van der Waals surface area contributed by atoms with E-state index < -0.39 is 0 Å². The average Bonchev–Trinajstić information content (AvgIpc) is 2.58. The normalized spacial score (nSPS) is 10.2. The molecule has 0 saturated heterocycles. The number of ether oxygens (including phenoxy) is 1. The summed E-state index contributed by atoms with van der Waals surface area (Å²) in [6.07, 6.45) is 5.15. The molecule has 0 saturated carbocycles. The SMILES string of the molecule is CCCCCCNCc1cc(Br)ccc1OCc1ccccc1.Cl. The molecule has 2 aromatic rings. The number of nitrogens with one attached hydrogen (secondary N) is 1. The lowest BCUT2D eigenvalue weighted by Crippen LogP contribution is -2.15. The van der Waals surface area contributed by atoms with Gasteiger partial charge in [-0.25, -0.2) is 0 Å². The zero-order valence-electron chi connectivity index (χ0n) is 14.3. The molecule has 0 aliphatic carbocycles. The molecule has 0 fully saturated rings. The topological polar surface area (TPSA) is 21.3 Å². The quantitative estimate of drug-likeness (QED) is 0.475. The van der Waals surface area contributed by atoms with Crippen molar-refractivity contribution < 1.29 is 4.74 Å². The van der Waals surface area contributed by atoms with Gasteiger partial charge in [-0.3, -0.25) is 0 Å². The molecule has 0 amide bonds. The van der Waals surface area contributed by atoms with Crippen LogP contribution in [-0.2, 0) is 13.2 Å². The summed E-state index contributed by atoms with van der Waals surface area (Å²) in [6, 6.07) is 16.5. The predicted octanol–water partition coefficient (Wildman–Crippen LogP) is 6.12. The maximum atomic E-state index is 6.01. The standard InChI is InChI=1S/C20H26BrNO.ClH/c1-2-3-4-8-13-22-15-18-14-19(21)11-12-20(18)23-16-17-9-6-5-7-10-17;/h5-7,9-12,14,22H,2-4,8,13,15-16H2,1H3;1H. The minimum absolute atomic E-state index is 0. The Morgan fingerprint density at radius 2 is 1.79 bits per heavy atom. The summed E-state index contributed by atoms with van der Waals surface area (Å²) in [5.74, 6) is 0.957. The van der Waals surface area contributed by atoms with E-state index >= 15 is 0 Å². The van der Waals surface area contributed by atoms with Crippen LogP contribution in [0.5, 0.6) is 5.75 Å². The Hall–Kier alpha value is -1.03. The van der Waals surface area contributed by atoms with Gasteiger partial charge in [-0.05, 0) is 36.7 Å². The molecule has 2 nitrogen and oxygen atoms in total. The molecule has 0 radical (unpaired) electrons. The summed E-state index contributed by atoms with van der Waals surface area (Å²) in [5, 5.41) is 3.53. The minimum Gasteiger partial charge on any atom is -0.489 e. The molecule has 0 atom stereocenters. The highest BCUT2D eigenvalue weighted by Crippen LogP contribution is 2.24. The number of hydrogen-bond acceptors (Lipinski definition) is 2. The van der Waals surface area contributed by atoms with Crippen molar-refractivity contribution >= 4 is 28.3 Å². The number of halogens is 2. The van der Waals surface area contributed by atoms with Crippen molar-refractivity contribution in [1.82, 2.24) is 5.32 Å². The van der Waals surface area contributed by atoms with Crippen LogP contribution < -0.4 is 10.1 Å². The summed E-state index contributed by atoms with van der Waals surface area (Å²) >= 11 is 3.55. The monoisotopic (exact) mass is 411 g/mol. The van der Waals surface area contributed by atoms with Crippen molar-refractivity contribution in [1.29, 1.82) is 0 Å². The molecule has 0 aromatic heterocycles. The summed E-state index contributed by atoms with van der Waals surface area (Å²) < 4.78 is 7.10. The number of benzene rings is 2. The Balaban J connectivity index is 0.00000288.